The molecule has 0 radical (unpaired) electrons. The summed E-state index contributed by atoms with van der Waals surface area (Å²) in [7, 11) is 0. The molecule has 0 atom stereocenters. The van der Waals surface area contributed by atoms with Gasteiger partial charge in [-0.2, -0.15) is 5.10 Å². The molecule has 0 aromatic rings. The van der Waals surface area contributed by atoms with Gasteiger partial charge in [0.2, 0.25) is 0 Å². The fourth-order valence-electron chi connectivity index (χ4n) is 0.897. The number of nitrogens with zero attached hydrogens (tertiary/aromatic N) is 4. The van der Waals surface area contributed by atoms with Gasteiger partial charge in [-0.25, -0.2) is 9.39 Å². The summed E-state index contributed by atoms with van der Waals surface area (Å²) < 4.78 is 4.49. The van der Waals surface area contributed by atoms with Crippen molar-refractivity contribution >= 4 is 30.7 Å². The van der Waals surface area contributed by atoms with Gasteiger partial charge in [0.1, 0.15) is 5.84 Å². The van der Waals surface area contributed by atoms with Gasteiger partial charge < -0.3 is 0 Å². The Morgan fingerprint density at radius 2 is 2.00 bits per heavy atom. The Balaban J connectivity index is 4.34. The highest BCUT2D eigenvalue weighted by Gasteiger charge is 2.09. The Kier molecular flexibility index (Phi) is 7.11. The fourth-order valence-corrected chi connectivity index (χ4v) is 1.35. The minimum Gasteiger partial charge on any atom is -0.287 e. The number of hydrazone groups is 1. The van der Waals surface area contributed by atoms with Crippen LogP contribution in [0.4, 0.5) is 0 Å². The quantitative estimate of drug-likeness (QED) is 0.328. The van der Waals surface area contributed by atoms with E-state index in [0.29, 0.717) is 18.4 Å². The fraction of sp³-hybridized carbons (Fsp3) is 0.750. The van der Waals surface area contributed by atoms with E-state index < -0.39 is 0 Å². The van der Waals surface area contributed by atoms with E-state index in [1.165, 1.54) is 0 Å². The van der Waals surface area contributed by atoms with Crippen molar-refractivity contribution in [2.24, 2.45) is 14.5 Å². The van der Waals surface area contributed by atoms with E-state index in [-0.39, 0.29) is 4.75 Å². The van der Waals surface area contributed by atoms with Crippen molar-refractivity contribution in [3.63, 3.8) is 0 Å². The molecule has 0 unspecified atom stereocenters. The van der Waals surface area contributed by atoms with E-state index in [9.17, 15) is 0 Å². The molecule has 0 N–H and O–H groups in total. The van der Waals surface area contributed by atoms with E-state index >= 15 is 0 Å². The van der Waals surface area contributed by atoms with Gasteiger partial charge in [0.15, 0.2) is 0 Å². The molecule has 0 fully saturated rings. The van der Waals surface area contributed by atoms with Crippen molar-refractivity contribution in [3.8, 4) is 0 Å². The lowest BCUT2D eigenvalue weighted by Crippen LogP contribution is -2.28. The van der Waals surface area contributed by atoms with Gasteiger partial charge >= 0.3 is 0 Å². The van der Waals surface area contributed by atoms with Gasteiger partial charge in [0, 0.05) is 17.0 Å². The highest BCUT2D eigenvalue weighted by atomic mass is 32.2. The maximum absolute atomic E-state index is 4.35. The van der Waals surface area contributed by atoms with E-state index in [0.717, 1.165) is 0 Å². The highest BCUT2D eigenvalue weighted by Crippen LogP contribution is 2.23. The molecule has 0 aliphatic carbocycles. The predicted octanol–water partition coefficient (Wildman–Crippen LogP) is 3.25. The molecule has 0 aliphatic heterocycles. The summed E-state index contributed by atoms with van der Waals surface area (Å²) in [6.07, 6.45) is 1.88. The Hall–Kier alpha value is -0.840. The van der Waals surface area contributed by atoms with Crippen LogP contribution in [0, 0.1) is 0 Å². The molecular weight excluding hydrogens is 232 g/mol. The number of hydrogen-bond donors (Lipinski definition) is 0. The second-order valence-electron chi connectivity index (χ2n) is 5.01. The van der Waals surface area contributed by atoms with Gasteiger partial charge in [-0.1, -0.05) is 0 Å². The molecule has 0 aliphatic rings. The lowest BCUT2D eigenvalue weighted by molar-refractivity contribution is 0.268. The lowest BCUT2D eigenvalue weighted by atomic mass is 10.3. The summed E-state index contributed by atoms with van der Waals surface area (Å²) in [6, 6.07) is 0.317. The van der Waals surface area contributed by atoms with Crippen molar-refractivity contribution in [2.45, 2.75) is 52.3 Å². The first-order valence-electron chi connectivity index (χ1n) is 5.75. The van der Waals surface area contributed by atoms with Crippen LogP contribution < -0.4 is 0 Å². The molecule has 0 saturated carbocycles. The summed E-state index contributed by atoms with van der Waals surface area (Å²) in [6.45, 7) is 16.6. The molecular formula is C12H24N4S. The molecule has 0 saturated heterocycles. The van der Waals surface area contributed by atoms with E-state index in [1.807, 2.05) is 18.1 Å². The van der Waals surface area contributed by atoms with Gasteiger partial charge in [-0.05, 0) is 60.2 Å². The molecule has 4 nitrogen and oxygen atoms in total. The van der Waals surface area contributed by atoms with Crippen LogP contribution in [0.2, 0.25) is 0 Å². The topological polar surface area (TPSA) is 40.3 Å². The summed E-state index contributed by atoms with van der Waals surface area (Å²) in [4.78, 5) is 3.79. The molecule has 17 heavy (non-hydrogen) atoms. The van der Waals surface area contributed by atoms with Crippen LogP contribution >= 0.6 is 11.9 Å². The standard InChI is InChI=1S/C12H24N4S/c1-10(2)16(15-11(3)13-7)9-8-14-17-12(4,5)6/h8,10H,7,9H2,1-6H3/b14-8+,15-11-. The second kappa shape index (κ2) is 7.48. The third-order valence-electron chi connectivity index (χ3n) is 1.77. The smallest absolute Gasteiger partial charge is 0.144 e. The van der Waals surface area contributed by atoms with Crippen molar-refractivity contribution in [1.29, 1.82) is 0 Å². The molecule has 0 rings (SSSR count). The number of amidine groups is 1. The largest absolute Gasteiger partial charge is 0.287 e. The first kappa shape index (κ1) is 16.2. The highest BCUT2D eigenvalue weighted by molar-refractivity contribution is 7.99. The molecule has 0 aromatic heterocycles. The van der Waals surface area contributed by atoms with Crippen LogP contribution in [0.3, 0.4) is 0 Å². The first-order chi connectivity index (χ1) is 7.76. The van der Waals surface area contributed by atoms with E-state index in [1.54, 1.807) is 11.9 Å². The van der Waals surface area contributed by atoms with Crippen LogP contribution in [0.5, 0.6) is 0 Å². The Morgan fingerprint density at radius 1 is 1.41 bits per heavy atom. The van der Waals surface area contributed by atoms with Gasteiger partial charge in [-0.3, -0.25) is 5.01 Å². The third-order valence-corrected chi connectivity index (χ3v) is 2.57. The summed E-state index contributed by atoms with van der Waals surface area (Å²) in [5, 5.41) is 6.29. The SMILES string of the molecule is C=N/C(C)=N\N(C/C=N/SC(C)(C)C)C(C)C. The van der Waals surface area contributed by atoms with Crippen molar-refractivity contribution in [1.82, 2.24) is 5.01 Å². The minimum atomic E-state index is 0.154. The molecule has 0 heterocycles. The second-order valence-corrected chi connectivity index (χ2v) is 6.63. The van der Waals surface area contributed by atoms with Crippen LogP contribution in [-0.2, 0) is 0 Å². The van der Waals surface area contributed by atoms with Crippen molar-refractivity contribution < 1.29 is 0 Å². The van der Waals surface area contributed by atoms with Crippen LogP contribution in [-0.4, -0.2) is 41.1 Å². The van der Waals surface area contributed by atoms with Crippen LogP contribution in [0.25, 0.3) is 0 Å². The molecule has 5 heteroatoms. The van der Waals surface area contributed by atoms with Crippen molar-refractivity contribution in [3.05, 3.63) is 0 Å². The normalized spacial score (nSPS) is 13.5. The maximum atomic E-state index is 4.35. The van der Waals surface area contributed by atoms with E-state index in [4.69, 9.17) is 0 Å². The monoisotopic (exact) mass is 256 g/mol. The summed E-state index contributed by atoms with van der Waals surface area (Å²) >= 11 is 1.57. The molecule has 0 bridgehead atoms. The third kappa shape index (κ3) is 8.92. The maximum Gasteiger partial charge on any atom is 0.144 e. The lowest BCUT2D eigenvalue weighted by Gasteiger charge is -2.21. The molecule has 98 valence electrons. The Labute approximate surface area is 109 Å². The zero-order valence-electron chi connectivity index (χ0n) is 11.8. The minimum absolute atomic E-state index is 0.154. The predicted molar refractivity (Wildman–Crippen MR) is 80.3 cm³/mol. The average molecular weight is 256 g/mol. The summed E-state index contributed by atoms with van der Waals surface area (Å²) in [5.41, 5.74) is 0. The zero-order chi connectivity index (χ0) is 13.5. The number of hydrogen-bond acceptors (Lipinski definition) is 4. The van der Waals surface area contributed by atoms with Gasteiger partial charge in [0.05, 0.1) is 6.54 Å². The van der Waals surface area contributed by atoms with Crippen LogP contribution in [0.15, 0.2) is 14.5 Å². The molecule has 0 spiro atoms. The Morgan fingerprint density at radius 3 is 2.41 bits per heavy atom. The Bertz CT molecular complexity index is 289. The van der Waals surface area contributed by atoms with E-state index in [2.05, 4.69) is 55.8 Å². The molecule has 0 amide bonds. The van der Waals surface area contributed by atoms with Crippen molar-refractivity contribution in [2.75, 3.05) is 6.54 Å². The average Bonchev–Trinajstić information content (AvgIpc) is 2.20. The molecule has 0 aromatic carbocycles. The van der Waals surface area contributed by atoms with Gasteiger partial charge in [0.25, 0.3) is 0 Å². The summed E-state index contributed by atoms with van der Waals surface area (Å²) in [5.74, 6) is 0.676. The zero-order valence-corrected chi connectivity index (χ0v) is 12.6. The van der Waals surface area contributed by atoms with Crippen LogP contribution in [0.1, 0.15) is 41.5 Å². The van der Waals surface area contributed by atoms with Gasteiger partial charge in [-0.15, -0.1) is 0 Å². The number of rotatable bonds is 5. The first-order valence-corrected chi connectivity index (χ1v) is 6.52. The number of aliphatic imine (C=N–C) groups is 1.